The predicted molar refractivity (Wildman–Crippen MR) is 106 cm³/mol. The third kappa shape index (κ3) is 3.01. The molecule has 4 aliphatic carbocycles. The molecule has 26 heavy (non-hydrogen) atoms. The highest BCUT2D eigenvalue weighted by atomic mass is 16.5. The van der Waals surface area contributed by atoms with Crippen LogP contribution >= 0.6 is 0 Å². The first-order chi connectivity index (χ1) is 12.6. The van der Waals surface area contributed by atoms with E-state index < -0.39 is 0 Å². The van der Waals surface area contributed by atoms with E-state index in [0.717, 1.165) is 55.0 Å². The molecule has 0 aromatic heterocycles. The van der Waals surface area contributed by atoms with E-state index in [9.17, 15) is 4.79 Å². The minimum absolute atomic E-state index is 0.407. The number of carbonyl (C=O) groups excluding carboxylic acids is 1. The molecule has 0 saturated heterocycles. The molecule has 0 spiro atoms. The Labute approximate surface area is 160 Å². The van der Waals surface area contributed by atoms with Crippen LogP contribution in [0.15, 0.2) is 11.6 Å². The fourth-order valence-corrected chi connectivity index (χ4v) is 7.67. The number of carbonyl (C=O) groups is 1. The standard InChI is InChI=1S/C24H38O2/c1-4-22-23-18(10-12-24(22,5-2)11-6-7-13-26-3)17-9-8-16(25)14-19(17)20-15-21(20)23/h14,17-18,20-23H,4-13,15H2,1-3H3/t17?,18?,20?,21-,22?,23?,24?/m0/s1. The number of unbranched alkanes of at least 4 members (excludes halogenated alkanes) is 1. The molecule has 6 unspecified atom stereocenters. The Balaban J connectivity index is 1.56. The van der Waals surface area contributed by atoms with Crippen molar-refractivity contribution in [2.75, 3.05) is 13.7 Å². The van der Waals surface area contributed by atoms with Gasteiger partial charge >= 0.3 is 0 Å². The zero-order valence-electron chi connectivity index (χ0n) is 17.1. The molecule has 0 bridgehead atoms. The molecule has 4 rings (SSSR count). The number of methoxy groups -OCH3 is 1. The highest BCUT2D eigenvalue weighted by molar-refractivity contribution is 5.91. The van der Waals surface area contributed by atoms with Crippen LogP contribution in [0.3, 0.4) is 0 Å². The third-order valence-corrected chi connectivity index (χ3v) is 8.87. The molecular weight excluding hydrogens is 320 g/mol. The normalized spacial score (nSPS) is 44.0. The zero-order chi connectivity index (χ0) is 18.3. The summed E-state index contributed by atoms with van der Waals surface area (Å²) in [4.78, 5) is 12.0. The fraction of sp³-hybridized carbons (Fsp3) is 0.875. The van der Waals surface area contributed by atoms with Crippen molar-refractivity contribution in [2.24, 2.45) is 40.9 Å². The highest BCUT2D eigenvalue weighted by Crippen LogP contribution is 2.69. The molecule has 0 heterocycles. The molecule has 0 N–H and O–H groups in total. The zero-order valence-corrected chi connectivity index (χ0v) is 17.1. The summed E-state index contributed by atoms with van der Waals surface area (Å²) in [5.41, 5.74) is 2.16. The van der Waals surface area contributed by atoms with Crippen LogP contribution in [-0.4, -0.2) is 19.5 Å². The number of rotatable bonds is 7. The summed E-state index contributed by atoms with van der Waals surface area (Å²) < 4.78 is 5.29. The Bertz CT molecular complexity index is 565. The van der Waals surface area contributed by atoms with Crippen LogP contribution in [0.4, 0.5) is 0 Å². The lowest BCUT2D eigenvalue weighted by molar-refractivity contribution is -0.116. The van der Waals surface area contributed by atoms with Crippen molar-refractivity contribution < 1.29 is 9.53 Å². The Morgan fingerprint density at radius 3 is 2.73 bits per heavy atom. The van der Waals surface area contributed by atoms with Gasteiger partial charge in [0.05, 0.1) is 0 Å². The van der Waals surface area contributed by atoms with Gasteiger partial charge in [0.25, 0.3) is 0 Å². The van der Waals surface area contributed by atoms with Crippen molar-refractivity contribution in [2.45, 2.75) is 78.1 Å². The van der Waals surface area contributed by atoms with Crippen molar-refractivity contribution >= 4 is 5.78 Å². The second-order valence-corrected chi connectivity index (χ2v) is 9.72. The summed E-state index contributed by atoms with van der Waals surface area (Å²) in [5, 5.41) is 0. The lowest BCUT2D eigenvalue weighted by atomic mass is 9.49. The average molecular weight is 359 g/mol. The summed E-state index contributed by atoms with van der Waals surface area (Å²) in [7, 11) is 1.82. The number of allylic oxidation sites excluding steroid dienone is 2. The van der Waals surface area contributed by atoms with Crippen molar-refractivity contribution in [1.29, 1.82) is 0 Å². The van der Waals surface area contributed by atoms with Gasteiger partial charge in [-0.2, -0.15) is 0 Å². The van der Waals surface area contributed by atoms with E-state index in [0.29, 0.717) is 11.2 Å². The molecule has 0 amide bonds. The number of ether oxygens (including phenoxy) is 1. The minimum Gasteiger partial charge on any atom is -0.385 e. The van der Waals surface area contributed by atoms with E-state index in [2.05, 4.69) is 19.9 Å². The van der Waals surface area contributed by atoms with Crippen molar-refractivity contribution in [3.8, 4) is 0 Å². The quantitative estimate of drug-likeness (QED) is 0.537. The van der Waals surface area contributed by atoms with Gasteiger partial charge in [-0.25, -0.2) is 0 Å². The Hall–Kier alpha value is -0.630. The minimum atomic E-state index is 0.407. The number of hydrogen-bond donors (Lipinski definition) is 0. The summed E-state index contributed by atoms with van der Waals surface area (Å²) in [6.45, 7) is 5.83. The maximum atomic E-state index is 12.0. The number of fused-ring (bicyclic) bond motifs is 6. The van der Waals surface area contributed by atoms with E-state index in [-0.39, 0.29) is 0 Å². The van der Waals surface area contributed by atoms with Crippen molar-refractivity contribution in [3.63, 3.8) is 0 Å². The maximum Gasteiger partial charge on any atom is 0.155 e. The first kappa shape index (κ1) is 18.7. The summed E-state index contributed by atoms with van der Waals surface area (Å²) in [6.07, 6.45) is 14.9. The number of ketones is 1. The monoisotopic (exact) mass is 358 g/mol. The van der Waals surface area contributed by atoms with Gasteiger partial charge in [-0.3, -0.25) is 4.79 Å². The molecular formula is C24H38O2. The van der Waals surface area contributed by atoms with Crippen molar-refractivity contribution in [3.05, 3.63) is 11.6 Å². The number of hydrogen-bond acceptors (Lipinski definition) is 2. The lowest BCUT2D eigenvalue weighted by Crippen LogP contribution is -2.48. The van der Waals surface area contributed by atoms with Crippen LogP contribution in [0.1, 0.15) is 78.1 Å². The molecule has 3 saturated carbocycles. The molecule has 0 aromatic carbocycles. The molecule has 4 aliphatic rings. The van der Waals surface area contributed by atoms with Crippen LogP contribution in [0.2, 0.25) is 0 Å². The van der Waals surface area contributed by atoms with Crippen LogP contribution in [-0.2, 0) is 9.53 Å². The SMILES string of the molecule is CCC1C2C(CCC1(CC)CCCCOC)C1CCC(=O)C=C1C1C[C@@H]12. The second kappa shape index (κ2) is 7.41. The second-order valence-electron chi connectivity index (χ2n) is 9.72. The van der Waals surface area contributed by atoms with E-state index in [1.165, 1.54) is 51.4 Å². The van der Waals surface area contributed by atoms with Gasteiger partial charge in [-0.1, -0.05) is 38.7 Å². The molecule has 3 fully saturated rings. The van der Waals surface area contributed by atoms with Crippen LogP contribution < -0.4 is 0 Å². The largest absolute Gasteiger partial charge is 0.385 e. The van der Waals surface area contributed by atoms with E-state index in [4.69, 9.17) is 4.74 Å². The topological polar surface area (TPSA) is 26.3 Å². The molecule has 0 aliphatic heterocycles. The molecule has 2 heteroatoms. The average Bonchev–Trinajstić information content (AvgIpc) is 3.46. The Morgan fingerprint density at radius 2 is 2.00 bits per heavy atom. The molecule has 0 radical (unpaired) electrons. The maximum absolute atomic E-state index is 12.0. The predicted octanol–water partition coefficient (Wildman–Crippen LogP) is 5.81. The van der Waals surface area contributed by atoms with Gasteiger partial charge in [0.2, 0.25) is 0 Å². The third-order valence-electron chi connectivity index (χ3n) is 8.87. The first-order valence-electron chi connectivity index (χ1n) is 11.4. The molecule has 146 valence electrons. The van der Waals surface area contributed by atoms with Gasteiger partial charge in [-0.05, 0) is 85.5 Å². The fourth-order valence-electron chi connectivity index (χ4n) is 7.67. The lowest BCUT2D eigenvalue weighted by Gasteiger charge is -2.56. The van der Waals surface area contributed by atoms with E-state index >= 15 is 0 Å². The van der Waals surface area contributed by atoms with Crippen LogP contribution in [0.5, 0.6) is 0 Å². The summed E-state index contributed by atoms with van der Waals surface area (Å²) in [5.74, 6) is 5.56. The van der Waals surface area contributed by atoms with E-state index in [1.807, 2.05) is 7.11 Å². The molecule has 7 atom stereocenters. The smallest absolute Gasteiger partial charge is 0.155 e. The molecule has 0 aromatic rings. The summed E-state index contributed by atoms with van der Waals surface area (Å²) in [6, 6.07) is 0. The highest BCUT2D eigenvalue weighted by Gasteiger charge is 2.61. The Morgan fingerprint density at radius 1 is 1.15 bits per heavy atom. The molecule has 2 nitrogen and oxygen atoms in total. The van der Waals surface area contributed by atoms with Crippen LogP contribution in [0.25, 0.3) is 0 Å². The van der Waals surface area contributed by atoms with Crippen LogP contribution in [0, 0.1) is 40.9 Å². The van der Waals surface area contributed by atoms with Gasteiger partial charge < -0.3 is 4.74 Å². The van der Waals surface area contributed by atoms with Gasteiger partial charge in [0.15, 0.2) is 5.78 Å². The Kier molecular flexibility index (Phi) is 5.34. The summed E-state index contributed by atoms with van der Waals surface area (Å²) >= 11 is 0. The first-order valence-corrected chi connectivity index (χ1v) is 11.4. The van der Waals surface area contributed by atoms with Crippen molar-refractivity contribution in [1.82, 2.24) is 0 Å². The van der Waals surface area contributed by atoms with Gasteiger partial charge in [0.1, 0.15) is 0 Å². The van der Waals surface area contributed by atoms with Gasteiger partial charge in [-0.15, -0.1) is 0 Å². The van der Waals surface area contributed by atoms with Gasteiger partial charge in [0, 0.05) is 20.1 Å². The van der Waals surface area contributed by atoms with E-state index in [1.54, 1.807) is 5.57 Å².